The third-order valence-corrected chi connectivity index (χ3v) is 19.9. The Balaban J connectivity index is 0.920. The van der Waals surface area contributed by atoms with Crippen LogP contribution in [0.1, 0.15) is 208 Å². The molecule has 0 aliphatic heterocycles. The Bertz CT molecular complexity index is 2740. The topological polar surface area (TPSA) is 183 Å². The number of fused-ring (bicyclic) bond motifs is 5. The Morgan fingerprint density at radius 1 is 0.622 bits per heavy atom. The van der Waals surface area contributed by atoms with Crippen molar-refractivity contribution in [1.82, 2.24) is 35.5 Å². The summed E-state index contributed by atoms with van der Waals surface area (Å²) >= 11 is 0. The normalized spacial score (nSPS) is 24.9. The molecule has 0 aromatic carbocycles. The van der Waals surface area contributed by atoms with Crippen LogP contribution in [0.15, 0.2) is 73.3 Å². The second kappa shape index (κ2) is 29.5. The van der Waals surface area contributed by atoms with Gasteiger partial charge >= 0.3 is 11.9 Å². The molecule has 4 heterocycles. The van der Waals surface area contributed by atoms with E-state index in [2.05, 4.69) is 70.1 Å². The van der Waals surface area contributed by atoms with Crippen molar-refractivity contribution in [1.29, 1.82) is 0 Å². The minimum absolute atomic E-state index is 0.0634. The van der Waals surface area contributed by atoms with E-state index in [-0.39, 0.29) is 59.8 Å². The lowest BCUT2D eigenvalue weighted by Gasteiger charge is -2.62. The zero-order chi connectivity index (χ0) is 58.2. The molecule has 8 rings (SSSR count). The Morgan fingerprint density at radius 3 is 1.71 bits per heavy atom. The number of aromatic nitrogens is 4. The zero-order valence-electron chi connectivity index (χ0n) is 50.5. The third-order valence-electron chi connectivity index (χ3n) is 19.9. The van der Waals surface area contributed by atoms with Crippen LogP contribution < -0.4 is 10.6 Å². The number of aryl methyl sites for hydroxylation is 2. The first kappa shape index (κ1) is 62.0. The summed E-state index contributed by atoms with van der Waals surface area (Å²) in [6.07, 6.45) is 28.8. The first-order valence-electron chi connectivity index (χ1n) is 31.6. The maximum absolute atomic E-state index is 14.3. The van der Waals surface area contributed by atoms with Crippen LogP contribution in [0.3, 0.4) is 0 Å². The minimum Gasteiger partial charge on any atom is -0.461 e. The van der Waals surface area contributed by atoms with Crippen LogP contribution in [0.5, 0.6) is 0 Å². The lowest BCUT2D eigenvalue weighted by atomic mass is 9.43. The van der Waals surface area contributed by atoms with Crippen LogP contribution in [0, 0.1) is 60.2 Å². The summed E-state index contributed by atoms with van der Waals surface area (Å²) in [5, 5.41) is 5.58. The summed E-state index contributed by atoms with van der Waals surface area (Å²) in [5.41, 5.74) is 5.19. The lowest BCUT2D eigenvalue weighted by Crippen LogP contribution is -2.60. The molecule has 10 atom stereocenters. The van der Waals surface area contributed by atoms with Crippen molar-refractivity contribution in [2.75, 3.05) is 26.2 Å². The Kier molecular flexibility index (Phi) is 22.3. The van der Waals surface area contributed by atoms with Gasteiger partial charge in [0, 0.05) is 49.7 Å². The second-order valence-corrected chi connectivity index (χ2v) is 25.4. The number of rotatable bonds is 28. The average Bonchev–Trinajstić information content (AvgIpc) is 3.44. The van der Waals surface area contributed by atoms with Gasteiger partial charge in [-0.3, -0.25) is 43.9 Å². The predicted octanol–water partition coefficient (Wildman–Crippen LogP) is 13.4. The highest BCUT2D eigenvalue weighted by Crippen LogP contribution is 2.69. The van der Waals surface area contributed by atoms with Gasteiger partial charge in [0.05, 0.1) is 33.9 Å². The number of esters is 2. The van der Waals surface area contributed by atoms with Crippen molar-refractivity contribution in [3.05, 3.63) is 95.6 Å². The fraction of sp³-hybridized carbons (Fsp3) is 0.632. The molecule has 4 aromatic heterocycles. The molecular weight excluding hydrogens is 1030 g/mol. The van der Waals surface area contributed by atoms with Crippen LogP contribution in [0.4, 0.5) is 0 Å². The number of pyridine rings is 4. The smallest absolute Gasteiger partial charge is 0.325 e. The minimum atomic E-state index is -0.458. The van der Waals surface area contributed by atoms with Crippen LogP contribution >= 0.6 is 0 Å². The SMILES string of the molecule is CCCCCCCCN(CCCCCCCC)C(=O)CC[C@@H](C)[C@H]1CC[C@H]2[C@@H]3CC[C@@H]4C[C@H](OC(=O)CNC(=O)c5ccc(-c6cc(C)ccn6)nc5)CC[C@]4(C)[C@H]3C[C@H](OC(=O)CNC(=O)c3ccc(-c4cc(C)ccn4)nc3)[C@]12C. The number of hydrogen-bond donors (Lipinski definition) is 2. The Morgan fingerprint density at radius 2 is 1.17 bits per heavy atom. The number of amides is 3. The average molecular weight is 1120 g/mol. The van der Waals surface area contributed by atoms with Crippen molar-refractivity contribution in [3.8, 4) is 22.8 Å². The highest BCUT2D eigenvalue weighted by atomic mass is 16.5. The van der Waals surface area contributed by atoms with E-state index in [0.29, 0.717) is 53.1 Å². The molecule has 0 radical (unpaired) electrons. The number of unbranched alkanes of at least 4 members (excludes halogenated alkanes) is 10. The van der Waals surface area contributed by atoms with E-state index >= 15 is 0 Å². The van der Waals surface area contributed by atoms with Crippen LogP contribution in [-0.2, 0) is 23.9 Å². The number of nitrogens with one attached hydrogen (secondary N) is 2. The summed E-state index contributed by atoms with van der Waals surface area (Å²) in [4.78, 5) is 88.5. The fourth-order valence-corrected chi connectivity index (χ4v) is 15.3. The largest absolute Gasteiger partial charge is 0.461 e. The molecule has 0 saturated heterocycles. The first-order valence-corrected chi connectivity index (χ1v) is 31.6. The van der Waals surface area contributed by atoms with Gasteiger partial charge in [-0.05, 0) is 185 Å². The molecule has 4 aliphatic carbocycles. The molecule has 2 N–H and O–H groups in total. The lowest BCUT2D eigenvalue weighted by molar-refractivity contribution is -0.198. The molecule has 14 nitrogen and oxygen atoms in total. The molecule has 14 heteroatoms. The zero-order valence-corrected chi connectivity index (χ0v) is 50.5. The molecule has 0 spiro atoms. The Labute approximate surface area is 489 Å². The molecule has 0 bridgehead atoms. The first-order chi connectivity index (χ1) is 39.6. The van der Waals surface area contributed by atoms with Gasteiger partial charge in [-0.1, -0.05) is 98.8 Å². The van der Waals surface area contributed by atoms with E-state index in [0.717, 1.165) is 99.8 Å². The molecule has 4 fully saturated rings. The summed E-state index contributed by atoms with van der Waals surface area (Å²) in [6.45, 7) is 16.8. The van der Waals surface area contributed by atoms with Crippen LogP contribution in [0.2, 0.25) is 0 Å². The van der Waals surface area contributed by atoms with Gasteiger partial charge in [0.15, 0.2) is 0 Å². The summed E-state index contributed by atoms with van der Waals surface area (Å²) in [5.74, 6) is 0.434. The molecule has 4 aromatic rings. The van der Waals surface area contributed by atoms with Crippen molar-refractivity contribution in [3.63, 3.8) is 0 Å². The molecule has 3 amide bonds. The molecule has 0 unspecified atom stereocenters. The summed E-state index contributed by atoms with van der Waals surface area (Å²) in [7, 11) is 0. The van der Waals surface area contributed by atoms with Gasteiger partial charge in [0.25, 0.3) is 11.8 Å². The fourth-order valence-electron chi connectivity index (χ4n) is 15.3. The van der Waals surface area contributed by atoms with E-state index < -0.39 is 23.8 Å². The molecule has 4 saturated carbocycles. The van der Waals surface area contributed by atoms with Gasteiger partial charge < -0.3 is 25.0 Å². The van der Waals surface area contributed by atoms with Crippen LogP contribution in [-0.4, -0.2) is 92.9 Å². The quantitative estimate of drug-likeness (QED) is 0.0408. The van der Waals surface area contributed by atoms with Crippen molar-refractivity contribution in [2.45, 2.75) is 202 Å². The number of nitrogens with zero attached hydrogens (tertiary/aromatic N) is 5. The van der Waals surface area contributed by atoms with Gasteiger partial charge in [-0.25, -0.2) is 0 Å². The standard InChI is InChI=1S/C68H95N7O7/c1-8-10-12-14-16-18-36-75(37-19-17-15-13-11-9-2)62(76)29-20-48(5)54-25-26-55-53-24-23-51-40-52(81-63(77)44-73-65(79)49-21-27-57(71-42-49)59-38-46(3)31-34-69-59)30-33-67(51,6)56(53)41-61(68(54,55)7)82-64(78)45-74-66(80)50-22-28-58(72-43-50)60-39-47(4)32-35-70-60/h21-22,27-28,31-32,34-35,38-39,42-43,48,51-56,61H,8-20,23-26,29-30,33,36-37,40-41,44-45H2,1-7H3,(H,73,79)(H,74,80)/t48-,51-,52-,53+,54-,55+,56+,61+,67+,68-/m1/s1. The highest BCUT2D eigenvalue weighted by Gasteiger charge is 2.65. The van der Waals surface area contributed by atoms with E-state index in [1.54, 1.807) is 36.7 Å². The predicted molar refractivity (Wildman–Crippen MR) is 321 cm³/mol. The van der Waals surface area contributed by atoms with Crippen LogP contribution in [0.25, 0.3) is 22.8 Å². The van der Waals surface area contributed by atoms with E-state index in [1.807, 2.05) is 38.1 Å². The van der Waals surface area contributed by atoms with E-state index in [1.165, 1.54) is 76.6 Å². The molecule has 4 aliphatic rings. The van der Waals surface area contributed by atoms with Gasteiger partial charge in [-0.15, -0.1) is 0 Å². The third kappa shape index (κ3) is 15.6. The second-order valence-electron chi connectivity index (χ2n) is 25.4. The molecular formula is C68H95N7O7. The Hall–Kier alpha value is -6.05. The monoisotopic (exact) mass is 1120 g/mol. The number of ether oxygens (including phenoxy) is 2. The van der Waals surface area contributed by atoms with E-state index in [9.17, 15) is 24.0 Å². The highest BCUT2D eigenvalue weighted by molar-refractivity contribution is 5.96. The van der Waals surface area contributed by atoms with Crippen molar-refractivity contribution < 1.29 is 33.4 Å². The molecule has 82 heavy (non-hydrogen) atoms. The van der Waals surface area contributed by atoms with Crippen molar-refractivity contribution in [2.24, 2.45) is 46.3 Å². The van der Waals surface area contributed by atoms with E-state index in [4.69, 9.17) is 9.47 Å². The number of carbonyl (C=O) groups is 5. The maximum Gasteiger partial charge on any atom is 0.325 e. The van der Waals surface area contributed by atoms with Gasteiger partial charge in [0.1, 0.15) is 25.3 Å². The summed E-state index contributed by atoms with van der Waals surface area (Å²) < 4.78 is 12.9. The summed E-state index contributed by atoms with van der Waals surface area (Å²) in [6, 6.07) is 14.6. The van der Waals surface area contributed by atoms with Gasteiger partial charge in [0.2, 0.25) is 5.91 Å². The van der Waals surface area contributed by atoms with Crippen molar-refractivity contribution >= 4 is 29.7 Å². The number of hydrogen-bond acceptors (Lipinski definition) is 11. The maximum atomic E-state index is 14.3. The molecule has 444 valence electrons. The number of carbonyl (C=O) groups excluding carboxylic acids is 5. The van der Waals surface area contributed by atoms with Gasteiger partial charge in [-0.2, -0.15) is 0 Å².